The first-order valence-electron chi connectivity index (χ1n) is 8.11. The molecular weight excluding hydrogens is 356 g/mol. The average molecular weight is 372 g/mol. The Morgan fingerprint density at radius 3 is 2.08 bits per heavy atom. The normalized spacial score (nSPS) is 14.3. The smallest absolute Gasteiger partial charge is 0.257 e. The first kappa shape index (κ1) is 16.5. The highest BCUT2D eigenvalue weighted by Crippen LogP contribution is 2.33. The van der Waals surface area contributed by atoms with E-state index >= 15 is 0 Å². The molecule has 2 aromatic carbocycles. The number of hydrogen-bond acceptors (Lipinski definition) is 6. The molecule has 26 heavy (non-hydrogen) atoms. The van der Waals surface area contributed by atoms with E-state index in [2.05, 4.69) is 10.6 Å². The van der Waals surface area contributed by atoms with Gasteiger partial charge in [0.2, 0.25) is 0 Å². The van der Waals surface area contributed by atoms with Crippen molar-refractivity contribution in [3.05, 3.63) is 42.0 Å². The lowest BCUT2D eigenvalue weighted by Crippen LogP contribution is -2.34. The van der Waals surface area contributed by atoms with Crippen LogP contribution in [-0.2, 0) is 0 Å². The van der Waals surface area contributed by atoms with E-state index in [4.69, 9.17) is 31.2 Å². The Kier molecular flexibility index (Phi) is 4.49. The molecule has 0 bridgehead atoms. The predicted octanol–water partition coefficient (Wildman–Crippen LogP) is 2.36. The number of carbonyl (C=O) groups excluding carboxylic acids is 1. The van der Waals surface area contributed by atoms with Crippen molar-refractivity contribution in [2.75, 3.05) is 31.7 Å². The first-order chi connectivity index (χ1) is 12.7. The van der Waals surface area contributed by atoms with Gasteiger partial charge < -0.3 is 24.3 Å². The molecule has 0 aromatic heterocycles. The fourth-order valence-electron chi connectivity index (χ4n) is 2.64. The molecule has 0 aliphatic carbocycles. The van der Waals surface area contributed by atoms with Crippen molar-refractivity contribution in [3.8, 4) is 23.0 Å². The van der Waals surface area contributed by atoms with Crippen molar-refractivity contribution < 1.29 is 23.7 Å². The highest BCUT2D eigenvalue weighted by Gasteiger charge is 2.16. The van der Waals surface area contributed by atoms with Crippen LogP contribution in [0.1, 0.15) is 10.4 Å². The highest BCUT2D eigenvalue weighted by atomic mass is 32.1. The lowest BCUT2D eigenvalue weighted by Gasteiger charge is -2.19. The van der Waals surface area contributed by atoms with E-state index in [1.807, 2.05) is 0 Å². The van der Waals surface area contributed by atoms with Crippen molar-refractivity contribution in [3.63, 3.8) is 0 Å². The molecule has 2 heterocycles. The van der Waals surface area contributed by atoms with E-state index in [9.17, 15) is 4.79 Å². The van der Waals surface area contributed by atoms with E-state index < -0.39 is 0 Å². The largest absolute Gasteiger partial charge is 0.486 e. The van der Waals surface area contributed by atoms with Gasteiger partial charge >= 0.3 is 0 Å². The number of benzene rings is 2. The number of amides is 1. The molecule has 0 unspecified atom stereocenters. The standard InChI is InChI=1S/C18H16N2O5S/c21-17(11-1-3-13-15(9-11)24-7-5-22-13)20-18(26)19-12-2-4-14-16(10-12)25-8-6-23-14/h1-4,9-10H,5-8H2,(H2,19,20,21,26). The second-order valence-electron chi connectivity index (χ2n) is 5.63. The quantitative estimate of drug-likeness (QED) is 0.784. The monoisotopic (exact) mass is 372 g/mol. The van der Waals surface area contributed by atoms with Gasteiger partial charge in [-0.15, -0.1) is 0 Å². The Morgan fingerprint density at radius 1 is 0.808 bits per heavy atom. The third kappa shape index (κ3) is 3.50. The molecule has 8 heteroatoms. The lowest BCUT2D eigenvalue weighted by molar-refractivity contribution is 0.0976. The molecule has 2 N–H and O–H groups in total. The molecule has 0 radical (unpaired) electrons. The fourth-order valence-corrected chi connectivity index (χ4v) is 2.85. The molecule has 4 rings (SSSR count). The summed E-state index contributed by atoms with van der Waals surface area (Å²) in [5.74, 6) is 2.17. The van der Waals surface area contributed by atoms with Gasteiger partial charge in [-0.2, -0.15) is 0 Å². The van der Waals surface area contributed by atoms with Gasteiger partial charge in [-0.05, 0) is 42.5 Å². The summed E-state index contributed by atoms with van der Waals surface area (Å²) in [5.41, 5.74) is 1.13. The fraction of sp³-hybridized carbons (Fsp3) is 0.222. The van der Waals surface area contributed by atoms with Crippen LogP contribution in [0, 0.1) is 0 Å². The first-order valence-corrected chi connectivity index (χ1v) is 8.51. The summed E-state index contributed by atoms with van der Waals surface area (Å²) in [6, 6.07) is 10.4. The van der Waals surface area contributed by atoms with Crippen molar-refractivity contribution in [1.82, 2.24) is 5.32 Å². The van der Waals surface area contributed by atoms with Crippen LogP contribution in [-0.4, -0.2) is 37.4 Å². The predicted molar refractivity (Wildman–Crippen MR) is 98.6 cm³/mol. The second kappa shape index (κ2) is 7.09. The number of fused-ring (bicyclic) bond motifs is 2. The molecule has 7 nitrogen and oxygen atoms in total. The molecule has 0 saturated carbocycles. The van der Waals surface area contributed by atoms with Gasteiger partial charge in [0.05, 0.1) is 0 Å². The van der Waals surface area contributed by atoms with Crippen LogP contribution < -0.4 is 29.6 Å². The number of hydrogen-bond donors (Lipinski definition) is 2. The Labute approximate surface area is 155 Å². The third-order valence-corrected chi connectivity index (χ3v) is 4.04. The number of carbonyl (C=O) groups is 1. The zero-order valence-corrected chi connectivity index (χ0v) is 14.6. The van der Waals surface area contributed by atoms with Crippen LogP contribution in [0.3, 0.4) is 0 Å². The maximum Gasteiger partial charge on any atom is 0.257 e. The van der Waals surface area contributed by atoms with Gasteiger partial charge in [-0.1, -0.05) is 0 Å². The number of ether oxygens (including phenoxy) is 4. The van der Waals surface area contributed by atoms with Crippen LogP contribution in [0.5, 0.6) is 23.0 Å². The van der Waals surface area contributed by atoms with E-state index in [-0.39, 0.29) is 11.0 Å². The summed E-state index contributed by atoms with van der Waals surface area (Å²) >= 11 is 5.22. The Morgan fingerprint density at radius 2 is 1.38 bits per heavy atom. The van der Waals surface area contributed by atoms with E-state index in [1.54, 1.807) is 36.4 Å². The minimum absolute atomic E-state index is 0.182. The molecule has 1 amide bonds. The van der Waals surface area contributed by atoms with Crippen LogP contribution in [0.2, 0.25) is 0 Å². The van der Waals surface area contributed by atoms with Gasteiger partial charge in [0, 0.05) is 17.3 Å². The van der Waals surface area contributed by atoms with Gasteiger partial charge in [-0.25, -0.2) is 0 Å². The Balaban J connectivity index is 1.41. The summed E-state index contributed by atoms with van der Waals surface area (Å²) in [5, 5.41) is 5.79. The van der Waals surface area contributed by atoms with Crippen LogP contribution >= 0.6 is 12.2 Å². The van der Waals surface area contributed by atoms with Crippen molar-refractivity contribution >= 4 is 28.9 Å². The molecule has 2 aromatic rings. The zero-order chi connectivity index (χ0) is 17.9. The molecule has 0 fully saturated rings. The maximum absolute atomic E-state index is 12.4. The van der Waals surface area contributed by atoms with Gasteiger partial charge in [0.15, 0.2) is 28.1 Å². The molecule has 0 spiro atoms. The topological polar surface area (TPSA) is 78.1 Å². The maximum atomic E-state index is 12.4. The SMILES string of the molecule is O=C(NC(=S)Nc1ccc2c(c1)OCCO2)c1ccc2c(c1)OCCO2. The number of anilines is 1. The Hall–Kier alpha value is -3.00. The van der Waals surface area contributed by atoms with E-state index in [1.165, 1.54) is 0 Å². The van der Waals surface area contributed by atoms with Crippen molar-refractivity contribution in [2.24, 2.45) is 0 Å². The van der Waals surface area contributed by atoms with Gasteiger partial charge in [0.25, 0.3) is 5.91 Å². The van der Waals surface area contributed by atoms with E-state index in [0.29, 0.717) is 60.7 Å². The van der Waals surface area contributed by atoms with Gasteiger partial charge in [-0.3, -0.25) is 10.1 Å². The average Bonchev–Trinajstić information content (AvgIpc) is 2.67. The Bertz CT molecular complexity index is 871. The van der Waals surface area contributed by atoms with Crippen LogP contribution in [0.25, 0.3) is 0 Å². The zero-order valence-electron chi connectivity index (χ0n) is 13.7. The number of thiocarbonyl (C=S) groups is 1. The van der Waals surface area contributed by atoms with Crippen LogP contribution in [0.15, 0.2) is 36.4 Å². The highest BCUT2D eigenvalue weighted by molar-refractivity contribution is 7.80. The van der Waals surface area contributed by atoms with Crippen molar-refractivity contribution in [1.29, 1.82) is 0 Å². The summed E-state index contributed by atoms with van der Waals surface area (Å²) in [6.07, 6.45) is 0. The number of rotatable bonds is 2. The molecular formula is C18H16N2O5S. The minimum Gasteiger partial charge on any atom is -0.486 e. The minimum atomic E-state index is -0.336. The van der Waals surface area contributed by atoms with E-state index in [0.717, 1.165) is 0 Å². The van der Waals surface area contributed by atoms with Crippen LogP contribution in [0.4, 0.5) is 5.69 Å². The summed E-state index contributed by atoms with van der Waals surface area (Å²) < 4.78 is 21.9. The second-order valence-corrected chi connectivity index (χ2v) is 6.03. The lowest BCUT2D eigenvalue weighted by atomic mass is 10.2. The molecule has 0 atom stereocenters. The molecule has 2 aliphatic heterocycles. The summed E-state index contributed by atoms with van der Waals surface area (Å²) in [6.45, 7) is 2.00. The molecule has 0 saturated heterocycles. The molecule has 134 valence electrons. The van der Waals surface area contributed by atoms with Crippen molar-refractivity contribution in [2.45, 2.75) is 0 Å². The van der Waals surface area contributed by atoms with Gasteiger partial charge in [0.1, 0.15) is 26.4 Å². The summed E-state index contributed by atoms with van der Waals surface area (Å²) in [4.78, 5) is 12.4. The number of nitrogens with one attached hydrogen (secondary N) is 2. The third-order valence-electron chi connectivity index (χ3n) is 3.83. The summed E-state index contributed by atoms with van der Waals surface area (Å²) in [7, 11) is 0. The molecule has 2 aliphatic rings.